The molecule has 1 aromatic heterocycles. The summed E-state index contributed by atoms with van der Waals surface area (Å²) in [6.07, 6.45) is 3.62. The minimum absolute atomic E-state index is 0.0314. The SMILES string of the molecule is Cc1ncn(CC(=O)NCC2CCOc3ccccc3C2)c1C. The number of hydrogen-bond donors (Lipinski definition) is 1. The van der Waals surface area contributed by atoms with Gasteiger partial charge in [-0.3, -0.25) is 4.79 Å². The van der Waals surface area contributed by atoms with E-state index < -0.39 is 0 Å². The maximum atomic E-state index is 12.2. The summed E-state index contributed by atoms with van der Waals surface area (Å²) in [5.41, 5.74) is 3.23. The first-order chi connectivity index (χ1) is 11.1. The second-order valence-corrected chi connectivity index (χ2v) is 6.16. The van der Waals surface area contributed by atoms with Gasteiger partial charge < -0.3 is 14.6 Å². The van der Waals surface area contributed by atoms with E-state index in [1.54, 1.807) is 6.33 Å². The van der Waals surface area contributed by atoms with E-state index in [0.29, 0.717) is 25.6 Å². The Morgan fingerprint density at radius 3 is 3.00 bits per heavy atom. The zero-order valence-electron chi connectivity index (χ0n) is 13.7. The zero-order valence-corrected chi connectivity index (χ0v) is 13.7. The van der Waals surface area contributed by atoms with E-state index in [2.05, 4.69) is 16.4 Å². The molecule has 1 aromatic carbocycles. The fourth-order valence-corrected chi connectivity index (χ4v) is 2.91. The fourth-order valence-electron chi connectivity index (χ4n) is 2.91. The topological polar surface area (TPSA) is 56.2 Å². The van der Waals surface area contributed by atoms with E-state index in [9.17, 15) is 4.79 Å². The monoisotopic (exact) mass is 313 g/mol. The van der Waals surface area contributed by atoms with Crippen molar-refractivity contribution in [3.63, 3.8) is 0 Å². The summed E-state index contributed by atoms with van der Waals surface area (Å²) >= 11 is 0. The van der Waals surface area contributed by atoms with Crippen LogP contribution in [0.2, 0.25) is 0 Å². The van der Waals surface area contributed by atoms with Gasteiger partial charge in [0.05, 0.1) is 18.6 Å². The largest absolute Gasteiger partial charge is 0.493 e. The molecule has 0 saturated carbocycles. The minimum atomic E-state index is 0.0314. The van der Waals surface area contributed by atoms with Crippen molar-refractivity contribution in [3.05, 3.63) is 47.5 Å². The summed E-state index contributed by atoms with van der Waals surface area (Å²) in [7, 11) is 0. The van der Waals surface area contributed by atoms with E-state index >= 15 is 0 Å². The summed E-state index contributed by atoms with van der Waals surface area (Å²) < 4.78 is 7.66. The van der Waals surface area contributed by atoms with Gasteiger partial charge >= 0.3 is 0 Å². The molecular formula is C18H23N3O2. The molecule has 5 heteroatoms. The third-order valence-corrected chi connectivity index (χ3v) is 4.51. The van der Waals surface area contributed by atoms with Crippen molar-refractivity contribution in [3.8, 4) is 5.75 Å². The number of benzene rings is 1. The molecule has 0 saturated heterocycles. The number of rotatable bonds is 4. The first-order valence-corrected chi connectivity index (χ1v) is 8.09. The van der Waals surface area contributed by atoms with Crippen LogP contribution < -0.4 is 10.1 Å². The van der Waals surface area contributed by atoms with Gasteiger partial charge in [0.2, 0.25) is 5.91 Å². The number of nitrogens with one attached hydrogen (secondary N) is 1. The van der Waals surface area contributed by atoms with Crippen molar-refractivity contribution >= 4 is 5.91 Å². The van der Waals surface area contributed by atoms with Gasteiger partial charge in [-0.05, 0) is 44.2 Å². The molecule has 3 rings (SSSR count). The Balaban J connectivity index is 1.54. The van der Waals surface area contributed by atoms with Crippen molar-refractivity contribution in [1.82, 2.24) is 14.9 Å². The molecular weight excluding hydrogens is 290 g/mol. The van der Waals surface area contributed by atoms with E-state index in [1.165, 1.54) is 5.56 Å². The molecule has 122 valence electrons. The molecule has 0 radical (unpaired) electrons. The van der Waals surface area contributed by atoms with Gasteiger partial charge in [0.15, 0.2) is 0 Å². The number of ether oxygens (including phenoxy) is 1. The molecule has 1 aliphatic heterocycles. The number of aryl methyl sites for hydroxylation is 1. The summed E-state index contributed by atoms with van der Waals surface area (Å²) in [5.74, 6) is 1.42. The number of nitrogens with zero attached hydrogens (tertiary/aromatic N) is 2. The molecule has 1 aliphatic rings. The smallest absolute Gasteiger partial charge is 0.239 e. The van der Waals surface area contributed by atoms with Crippen LogP contribution in [0, 0.1) is 19.8 Å². The van der Waals surface area contributed by atoms with Crippen molar-refractivity contribution in [2.45, 2.75) is 33.2 Å². The molecule has 1 amide bonds. The number of fused-ring (bicyclic) bond motifs is 1. The molecule has 5 nitrogen and oxygen atoms in total. The molecule has 1 atom stereocenters. The van der Waals surface area contributed by atoms with Gasteiger partial charge in [-0.2, -0.15) is 0 Å². The third kappa shape index (κ3) is 3.73. The number of aromatic nitrogens is 2. The highest BCUT2D eigenvalue weighted by Gasteiger charge is 2.18. The average Bonchev–Trinajstić information content (AvgIpc) is 2.77. The predicted octanol–water partition coefficient (Wildman–Crippen LogP) is 2.26. The summed E-state index contributed by atoms with van der Waals surface area (Å²) in [5, 5.41) is 3.05. The van der Waals surface area contributed by atoms with Crippen LogP contribution in [0.1, 0.15) is 23.4 Å². The lowest BCUT2D eigenvalue weighted by molar-refractivity contribution is -0.121. The first-order valence-electron chi connectivity index (χ1n) is 8.09. The van der Waals surface area contributed by atoms with Crippen LogP contribution in [0.4, 0.5) is 0 Å². The highest BCUT2D eigenvalue weighted by molar-refractivity contribution is 5.75. The standard InChI is InChI=1S/C18H23N3O2/c1-13-14(2)21(12-20-13)11-18(22)19-10-15-7-8-23-17-6-4-3-5-16(17)9-15/h3-6,12,15H,7-11H2,1-2H3,(H,19,22). The zero-order chi connectivity index (χ0) is 16.2. The summed E-state index contributed by atoms with van der Waals surface area (Å²) in [6.45, 7) is 5.65. The molecule has 1 unspecified atom stereocenters. The number of para-hydroxylation sites is 1. The molecule has 2 heterocycles. The fraction of sp³-hybridized carbons (Fsp3) is 0.444. The number of imidazole rings is 1. The Morgan fingerprint density at radius 1 is 1.39 bits per heavy atom. The lowest BCUT2D eigenvalue weighted by Gasteiger charge is -2.15. The second-order valence-electron chi connectivity index (χ2n) is 6.16. The first kappa shape index (κ1) is 15.6. The predicted molar refractivity (Wildman–Crippen MR) is 88.5 cm³/mol. The van der Waals surface area contributed by atoms with Crippen LogP contribution in [0.5, 0.6) is 5.75 Å². The molecule has 0 bridgehead atoms. The highest BCUT2D eigenvalue weighted by Crippen LogP contribution is 2.26. The van der Waals surface area contributed by atoms with Gasteiger partial charge in [-0.15, -0.1) is 0 Å². The quantitative estimate of drug-likeness (QED) is 0.942. The lowest BCUT2D eigenvalue weighted by atomic mass is 9.97. The molecule has 0 fully saturated rings. The third-order valence-electron chi connectivity index (χ3n) is 4.51. The molecule has 0 aliphatic carbocycles. The van der Waals surface area contributed by atoms with Crippen molar-refractivity contribution in [1.29, 1.82) is 0 Å². The van der Waals surface area contributed by atoms with Crippen molar-refractivity contribution in [2.75, 3.05) is 13.2 Å². The van der Waals surface area contributed by atoms with Crippen LogP contribution in [0.3, 0.4) is 0 Å². The van der Waals surface area contributed by atoms with Crippen LogP contribution in [0.15, 0.2) is 30.6 Å². The van der Waals surface area contributed by atoms with Gasteiger partial charge in [0, 0.05) is 12.2 Å². The Hall–Kier alpha value is -2.30. The Morgan fingerprint density at radius 2 is 2.22 bits per heavy atom. The number of amides is 1. The molecule has 23 heavy (non-hydrogen) atoms. The van der Waals surface area contributed by atoms with Gasteiger partial charge in [0.25, 0.3) is 0 Å². The Kier molecular flexibility index (Phi) is 4.65. The number of carbonyl (C=O) groups excluding carboxylic acids is 1. The lowest BCUT2D eigenvalue weighted by Crippen LogP contribution is -2.33. The Bertz CT molecular complexity index is 693. The van der Waals surface area contributed by atoms with Gasteiger partial charge in [0.1, 0.15) is 12.3 Å². The van der Waals surface area contributed by atoms with E-state index in [-0.39, 0.29) is 5.91 Å². The molecule has 1 N–H and O–H groups in total. The van der Waals surface area contributed by atoms with Crippen molar-refractivity contribution < 1.29 is 9.53 Å². The number of hydrogen-bond acceptors (Lipinski definition) is 3. The highest BCUT2D eigenvalue weighted by atomic mass is 16.5. The maximum Gasteiger partial charge on any atom is 0.239 e. The van der Waals surface area contributed by atoms with Crippen LogP contribution in [0.25, 0.3) is 0 Å². The van der Waals surface area contributed by atoms with Crippen LogP contribution >= 0.6 is 0 Å². The van der Waals surface area contributed by atoms with E-state index in [4.69, 9.17) is 4.74 Å². The average molecular weight is 313 g/mol. The maximum absolute atomic E-state index is 12.2. The van der Waals surface area contributed by atoms with Crippen LogP contribution in [-0.4, -0.2) is 28.6 Å². The van der Waals surface area contributed by atoms with Gasteiger partial charge in [-0.25, -0.2) is 4.98 Å². The minimum Gasteiger partial charge on any atom is -0.493 e. The molecule has 0 spiro atoms. The summed E-state index contributed by atoms with van der Waals surface area (Å²) in [4.78, 5) is 16.4. The second kappa shape index (κ2) is 6.86. The van der Waals surface area contributed by atoms with Gasteiger partial charge in [-0.1, -0.05) is 18.2 Å². The van der Waals surface area contributed by atoms with Crippen LogP contribution in [-0.2, 0) is 17.8 Å². The normalized spacial score (nSPS) is 17.0. The van der Waals surface area contributed by atoms with Crippen molar-refractivity contribution in [2.24, 2.45) is 5.92 Å². The summed E-state index contributed by atoms with van der Waals surface area (Å²) in [6, 6.07) is 8.15. The van der Waals surface area contributed by atoms with E-state index in [1.807, 2.05) is 36.6 Å². The van der Waals surface area contributed by atoms with E-state index in [0.717, 1.165) is 30.0 Å². The molecule has 2 aromatic rings. The Labute approximate surface area is 136 Å². The number of carbonyl (C=O) groups is 1.